The lowest BCUT2D eigenvalue weighted by Crippen LogP contribution is -2.38. The Kier molecular flexibility index (Phi) is 4.62. The second-order valence-corrected chi connectivity index (χ2v) is 6.58. The Hall–Kier alpha value is -0.890. The van der Waals surface area contributed by atoms with Crippen molar-refractivity contribution in [2.45, 2.75) is 30.5 Å². The van der Waals surface area contributed by atoms with Crippen LogP contribution in [0.25, 0.3) is 0 Å². The molecule has 1 saturated heterocycles. The summed E-state index contributed by atoms with van der Waals surface area (Å²) in [6, 6.07) is 3.45. The van der Waals surface area contributed by atoms with Crippen LogP contribution < -0.4 is 10.0 Å². The lowest BCUT2D eigenvalue weighted by molar-refractivity contribution is 0.309. The highest BCUT2D eigenvalue weighted by atomic mass is 32.2. The molecule has 1 unspecified atom stereocenters. The molecule has 6 nitrogen and oxygen atoms in total. The smallest absolute Gasteiger partial charge is 0.274 e. The van der Waals surface area contributed by atoms with Crippen LogP contribution in [0, 0.1) is 0 Å². The van der Waals surface area contributed by atoms with E-state index in [9.17, 15) is 8.42 Å². The zero-order valence-corrected chi connectivity index (χ0v) is 12.2. The third kappa shape index (κ3) is 3.56. The van der Waals surface area contributed by atoms with Gasteiger partial charge < -0.3 is 14.6 Å². The number of hydrogen-bond acceptors (Lipinski definition) is 5. The van der Waals surface area contributed by atoms with Crippen LogP contribution in [-0.2, 0) is 16.6 Å². The van der Waals surface area contributed by atoms with E-state index in [2.05, 4.69) is 14.9 Å². The first-order valence-corrected chi connectivity index (χ1v) is 7.94. The third-order valence-corrected chi connectivity index (χ3v) is 4.73. The van der Waals surface area contributed by atoms with Crippen LogP contribution in [0.4, 0.5) is 0 Å². The summed E-state index contributed by atoms with van der Waals surface area (Å²) in [6.07, 6.45) is 2.15. The molecule has 108 valence electrons. The molecule has 2 rings (SSSR count). The Bertz CT molecular complexity index is 512. The van der Waals surface area contributed by atoms with Crippen LogP contribution in [-0.4, -0.2) is 46.5 Å². The van der Waals surface area contributed by atoms with E-state index in [4.69, 9.17) is 4.42 Å². The first kappa shape index (κ1) is 14.5. The van der Waals surface area contributed by atoms with Gasteiger partial charge in [-0.1, -0.05) is 0 Å². The maximum absolute atomic E-state index is 12.1. The van der Waals surface area contributed by atoms with Crippen molar-refractivity contribution in [3.8, 4) is 0 Å². The quantitative estimate of drug-likeness (QED) is 0.791. The summed E-state index contributed by atoms with van der Waals surface area (Å²) in [4.78, 5) is 2.18. The van der Waals surface area contributed by atoms with Crippen LogP contribution in [0.1, 0.15) is 18.6 Å². The topological polar surface area (TPSA) is 74.6 Å². The SMILES string of the molecule is CNCc1ccc(S(=O)(=O)NCC2CCCN2C)o1. The number of nitrogens with zero attached hydrogens (tertiary/aromatic N) is 1. The molecule has 19 heavy (non-hydrogen) atoms. The minimum Gasteiger partial charge on any atom is -0.447 e. The molecule has 1 aliphatic rings. The minimum absolute atomic E-state index is 0.0154. The number of likely N-dealkylation sites (N-methyl/N-ethyl adjacent to an activating group) is 1. The molecule has 2 N–H and O–H groups in total. The lowest BCUT2D eigenvalue weighted by atomic mass is 10.2. The van der Waals surface area contributed by atoms with E-state index in [0.717, 1.165) is 19.4 Å². The predicted octanol–water partition coefficient (Wildman–Crippen LogP) is 0.372. The molecule has 1 aliphatic heterocycles. The molecule has 0 saturated carbocycles. The average Bonchev–Trinajstić information content (AvgIpc) is 2.97. The van der Waals surface area contributed by atoms with Crippen molar-refractivity contribution in [3.63, 3.8) is 0 Å². The van der Waals surface area contributed by atoms with Crippen molar-refractivity contribution in [1.82, 2.24) is 14.9 Å². The highest BCUT2D eigenvalue weighted by molar-refractivity contribution is 7.89. The maximum Gasteiger partial charge on any atom is 0.274 e. The summed E-state index contributed by atoms with van der Waals surface area (Å²) in [7, 11) is 0.261. The molecule has 1 atom stereocenters. The number of rotatable bonds is 6. The van der Waals surface area contributed by atoms with Gasteiger partial charge in [0.15, 0.2) is 0 Å². The first-order valence-electron chi connectivity index (χ1n) is 6.46. The molecule has 1 aromatic rings. The summed E-state index contributed by atoms with van der Waals surface area (Å²) >= 11 is 0. The van der Waals surface area contributed by atoms with Crippen LogP contribution in [0.15, 0.2) is 21.6 Å². The van der Waals surface area contributed by atoms with Crippen LogP contribution in [0.3, 0.4) is 0 Å². The van der Waals surface area contributed by atoms with Crippen LogP contribution >= 0.6 is 0 Å². The van der Waals surface area contributed by atoms with E-state index in [0.29, 0.717) is 18.8 Å². The fourth-order valence-electron chi connectivity index (χ4n) is 2.29. The van der Waals surface area contributed by atoms with Gasteiger partial charge in [-0.05, 0) is 45.6 Å². The molecule has 0 aromatic carbocycles. The standard InChI is InChI=1S/C12H21N3O3S/c1-13-9-11-5-6-12(18-11)19(16,17)14-8-10-4-3-7-15(10)2/h5-6,10,13-14H,3-4,7-9H2,1-2H3. The Balaban J connectivity index is 1.97. The van der Waals surface area contributed by atoms with Gasteiger partial charge in [0, 0.05) is 12.6 Å². The van der Waals surface area contributed by atoms with Crippen LogP contribution in [0.2, 0.25) is 0 Å². The zero-order chi connectivity index (χ0) is 13.9. The minimum atomic E-state index is -3.54. The van der Waals surface area contributed by atoms with Crippen LogP contribution in [0.5, 0.6) is 0 Å². The summed E-state index contributed by atoms with van der Waals surface area (Å²) in [6.45, 7) is 1.97. The van der Waals surface area contributed by atoms with E-state index in [-0.39, 0.29) is 11.1 Å². The molecular formula is C12H21N3O3S. The largest absolute Gasteiger partial charge is 0.447 e. The Morgan fingerprint density at radius 1 is 1.47 bits per heavy atom. The van der Waals surface area contributed by atoms with E-state index >= 15 is 0 Å². The van der Waals surface area contributed by atoms with Gasteiger partial charge in [0.25, 0.3) is 10.0 Å². The number of hydrogen-bond donors (Lipinski definition) is 2. The van der Waals surface area contributed by atoms with Gasteiger partial charge >= 0.3 is 0 Å². The van der Waals surface area contributed by atoms with E-state index in [1.807, 2.05) is 7.05 Å². The molecule has 1 aromatic heterocycles. The summed E-state index contributed by atoms with van der Waals surface area (Å²) < 4.78 is 32.1. The van der Waals surface area contributed by atoms with Gasteiger partial charge in [0.2, 0.25) is 5.09 Å². The molecule has 2 heterocycles. The Morgan fingerprint density at radius 3 is 2.89 bits per heavy atom. The van der Waals surface area contributed by atoms with E-state index in [1.165, 1.54) is 6.07 Å². The van der Waals surface area contributed by atoms with Crippen molar-refractivity contribution >= 4 is 10.0 Å². The van der Waals surface area contributed by atoms with Crippen molar-refractivity contribution < 1.29 is 12.8 Å². The third-order valence-electron chi connectivity index (χ3n) is 3.43. The molecule has 0 spiro atoms. The van der Waals surface area contributed by atoms with Gasteiger partial charge in [0.1, 0.15) is 5.76 Å². The molecular weight excluding hydrogens is 266 g/mol. The number of nitrogens with one attached hydrogen (secondary N) is 2. The summed E-state index contributed by atoms with van der Waals surface area (Å²) in [5.41, 5.74) is 0. The summed E-state index contributed by atoms with van der Waals surface area (Å²) in [5, 5.41) is 2.90. The molecule has 7 heteroatoms. The molecule has 0 radical (unpaired) electrons. The summed E-state index contributed by atoms with van der Waals surface area (Å²) in [5.74, 6) is 0.612. The van der Waals surface area contributed by atoms with Gasteiger partial charge in [-0.15, -0.1) is 0 Å². The molecule has 1 fully saturated rings. The van der Waals surface area contributed by atoms with Gasteiger partial charge in [-0.3, -0.25) is 0 Å². The van der Waals surface area contributed by atoms with Gasteiger partial charge in [-0.2, -0.15) is 0 Å². The highest BCUT2D eigenvalue weighted by Gasteiger charge is 2.25. The number of furan rings is 1. The van der Waals surface area contributed by atoms with E-state index < -0.39 is 10.0 Å². The number of likely N-dealkylation sites (tertiary alicyclic amines) is 1. The van der Waals surface area contributed by atoms with Crippen molar-refractivity contribution in [1.29, 1.82) is 0 Å². The van der Waals surface area contributed by atoms with Gasteiger partial charge in [-0.25, -0.2) is 13.1 Å². The monoisotopic (exact) mass is 287 g/mol. The molecule has 0 amide bonds. The first-order chi connectivity index (χ1) is 9.03. The Labute approximate surface area is 114 Å². The van der Waals surface area contributed by atoms with Crippen molar-refractivity contribution in [3.05, 3.63) is 17.9 Å². The van der Waals surface area contributed by atoms with Crippen molar-refractivity contribution in [2.24, 2.45) is 0 Å². The fourth-order valence-corrected chi connectivity index (χ4v) is 3.30. The lowest BCUT2D eigenvalue weighted by Gasteiger charge is -2.19. The van der Waals surface area contributed by atoms with Gasteiger partial charge in [0.05, 0.1) is 6.54 Å². The molecule has 0 bridgehead atoms. The zero-order valence-electron chi connectivity index (χ0n) is 11.3. The maximum atomic E-state index is 12.1. The Morgan fingerprint density at radius 2 is 2.26 bits per heavy atom. The average molecular weight is 287 g/mol. The highest BCUT2D eigenvalue weighted by Crippen LogP contribution is 2.16. The predicted molar refractivity (Wildman–Crippen MR) is 72.3 cm³/mol. The molecule has 0 aliphatic carbocycles. The second kappa shape index (κ2) is 6.04. The van der Waals surface area contributed by atoms with E-state index in [1.54, 1.807) is 13.1 Å². The second-order valence-electron chi connectivity index (χ2n) is 4.88. The number of sulfonamides is 1. The normalized spacial score (nSPS) is 21.1. The fraction of sp³-hybridized carbons (Fsp3) is 0.667. The van der Waals surface area contributed by atoms with Crippen molar-refractivity contribution in [2.75, 3.05) is 27.2 Å².